The van der Waals surface area contributed by atoms with Crippen molar-refractivity contribution in [3.63, 3.8) is 0 Å². The fraction of sp³-hybridized carbons (Fsp3) is 0.400. The van der Waals surface area contributed by atoms with E-state index in [0.29, 0.717) is 6.54 Å². The van der Waals surface area contributed by atoms with Crippen molar-refractivity contribution in [3.05, 3.63) is 44.1 Å². The maximum absolute atomic E-state index is 6.37. The fourth-order valence-electron chi connectivity index (χ4n) is 2.32. The zero-order valence-electron chi connectivity index (χ0n) is 12.2. The van der Waals surface area contributed by atoms with E-state index in [4.69, 9.17) is 11.6 Å². The average molecular weight is 357 g/mol. The van der Waals surface area contributed by atoms with E-state index in [-0.39, 0.29) is 0 Å². The Hall–Kier alpha value is -1.000. The molecule has 5 heteroatoms. The van der Waals surface area contributed by atoms with E-state index in [2.05, 4.69) is 59.2 Å². The summed E-state index contributed by atoms with van der Waals surface area (Å²) in [6.07, 6.45) is 0.847. The molecule has 0 saturated carbocycles. The molecule has 0 spiro atoms. The zero-order chi connectivity index (χ0) is 14.9. The molecule has 1 heterocycles. The maximum Gasteiger partial charge on any atom is 0.0868 e. The molecule has 3 nitrogen and oxygen atoms in total. The first-order valence-electron chi connectivity index (χ1n) is 6.64. The van der Waals surface area contributed by atoms with Gasteiger partial charge in [-0.15, -0.1) is 0 Å². The lowest BCUT2D eigenvalue weighted by atomic mass is 10.1. The van der Waals surface area contributed by atoms with Crippen LogP contribution < -0.4 is 5.32 Å². The molecule has 20 heavy (non-hydrogen) atoms. The molecule has 0 aliphatic carbocycles. The third kappa shape index (κ3) is 3.01. The van der Waals surface area contributed by atoms with Crippen molar-refractivity contribution in [2.75, 3.05) is 5.32 Å². The van der Waals surface area contributed by atoms with Gasteiger partial charge in [0.1, 0.15) is 0 Å². The molecule has 0 amide bonds. The van der Waals surface area contributed by atoms with Crippen LogP contribution in [0.15, 0.2) is 16.6 Å². The van der Waals surface area contributed by atoms with Crippen LogP contribution in [-0.2, 0) is 20.0 Å². The minimum absolute atomic E-state index is 0.658. The van der Waals surface area contributed by atoms with Crippen LogP contribution in [0, 0.1) is 13.8 Å². The topological polar surface area (TPSA) is 29.9 Å². The molecule has 0 unspecified atom stereocenters. The number of aryl methyl sites for hydroxylation is 4. The summed E-state index contributed by atoms with van der Waals surface area (Å²) in [6, 6.07) is 4.27. The largest absolute Gasteiger partial charge is 0.378 e. The van der Waals surface area contributed by atoms with Crippen LogP contribution in [0.1, 0.15) is 29.4 Å². The van der Waals surface area contributed by atoms with Crippen molar-refractivity contribution >= 4 is 33.2 Å². The minimum Gasteiger partial charge on any atom is -0.378 e. The molecule has 0 atom stereocenters. The number of hydrogen-bond acceptors (Lipinski definition) is 2. The summed E-state index contributed by atoms with van der Waals surface area (Å²) in [4.78, 5) is 0. The Morgan fingerprint density at radius 3 is 2.60 bits per heavy atom. The molecule has 0 saturated heterocycles. The monoisotopic (exact) mass is 355 g/mol. The Morgan fingerprint density at radius 2 is 2.05 bits per heavy atom. The summed E-state index contributed by atoms with van der Waals surface area (Å²) in [5.74, 6) is 0. The highest BCUT2D eigenvalue weighted by Gasteiger charge is 2.13. The Kier molecular flexibility index (Phi) is 4.76. The lowest BCUT2D eigenvalue weighted by molar-refractivity contribution is 0.706. The second kappa shape index (κ2) is 6.19. The van der Waals surface area contributed by atoms with Crippen LogP contribution in [0.3, 0.4) is 0 Å². The molecular weight excluding hydrogens is 338 g/mol. The van der Waals surface area contributed by atoms with Crippen molar-refractivity contribution in [1.82, 2.24) is 9.78 Å². The van der Waals surface area contributed by atoms with Crippen LogP contribution >= 0.6 is 27.5 Å². The van der Waals surface area contributed by atoms with Gasteiger partial charge in [-0.1, -0.05) is 24.6 Å². The highest BCUT2D eigenvalue weighted by Crippen LogP contribution is 2.29. The predicted molar refractivity (Wildman–Crippen MR) is 88.5 cm³/mol. The van der Waals surface area contributed by atoms with E-state index in [1.54, 1.807) is 0 Å². The quantitative estimate of drug-likeness (QED) is 0.865. The second-order valence-electron chi connectivity index (χ2n) is 4.98. The normalized spacial score (nSPS) is 10.9. The number of halogens is 2. The van der Waals surface area contributed by atoms with E-state index in [0.717, 1.165) is 33.0 Å². The van der Waals surface area contributed by atoms with Gasteiger partial charge in [-0.25, -0.2) is 0 Å². The number of nitrogens with zero attached hydrogens (tertiary/aromatic N) is 2. The minimum atomic E-state index is 0.658. The van der Waals surface area contributed by atoms with Crippen molar-refractivity contribution < 1.29 is 0 Å². The van der Waals surface area contributed by atoms with Gasteiger partial charge in [0.05, 0.1) is 28.6 Å². The Morgan fingerprint density at radius 1 is 1.35 bits per heavy atom. The van der Waals surface area contributed by atoms with Gasteiger partial charge in [0.25, 0.3) is 0 Å². The molecular formula is C15H19BrClN3. The van der Waals surface area contributed by atoms with Crippen molar-refractivity contribution in [3.8, 4) is 0 Å². The van der Waals surface area contributed by atoms with E-state index in [1.807, 2.05) is 11.7 Å². The SMILES string of the molecule is CCc1nn(C)c(CNc2c(C)cc(C)cc2Br)c1Cl. The first-order valence-corrected chi connectivity index (χ1v) is 7.82. The van der Waals surface area contributed by atoms with Gasteiger partial charge in [-0.05, 0) is 53.4 Å². The van der Waals surface area contributed by atoms with Crippen LogP contribution in [-0.4, -0.2) is 9.78 Å². The highest BCUT2D eigenvalue weighted by molar-refractivity contribution is 9.10. The number of aromatic nitrogens is 2. The maximum atomic E-state index is 6.37. The van der Waals surface area contributed by atoms with Crippen LogP contribution in [0.4, 0.5) is 5.69 Å². The zero-order valence-corrected chi connectivity index (χ0v) is 14.6. The van der Waals surface area contributed by atoms with Gasteiger partial charge < -0.3 is 5.32 Å². The Labute approximate surface area is 133 Å². The summed E-state index contributed by atoms with van der Waals surface area (Å²) >= 11 is 9.98. The molecule has 0 aliphatic heterocycles. The summed E-state index contributed by atoms with van der Waals surface area (Å²) < 4.78 is 2.93. The van der Waals surface area contributed by atoms with Gasteiger partial charge in [0, 0.05) is 11.5 Å². The van der Waals surface area contributed by atoms with Crippen LogP contribution in [0.5, 0.6) is 0 Å². The lowest BCUT2D eigenvalue weighted by Gasteiger charge is -2.13. The third-order valence-electron chi connectivity index (χ3n) is 3.37. The standard InChI is InChI=1S/C15H19BrClN3/c1-5-12-14(17)13(20(4)19-12)8-18-15-10(3)6-9(2)7-11(15)16/h6-7,18H,5,8H2,1-4H3. The van der Waals surface area contributed by atoms with E-state index in [1.165, 1.54) is 11.1 Å². The molecule has 2 rings (SSSR count). The molecule has 1 aromatic heterocycles. The summed E-state index contributed by atoms with van der Waals surface area (Å²) in [6.45, 7) is 6.91. The summed E-state index contributed by atoms with van der Waals surface area (Å²) in [5.41, 5.74) is 5.52. The van der Waals surface area contributed by atoms with E-state index in [9.17, 15) is 0 Å². The van der Waals surface area contributed by atoms with Crippen LogP contribution in [0.2, 0.25) is 5.02 Å². The molecule has 0 fully saturated rings. The first-order chi connectivity index (χ1) is 9.43. The first kappa shape index (κ1) is 15.4. The lowest BCUT2D eigenvalue weighted by Crippen LogP contribution is -2.07. The number of rotatable bonds is 4. The van der Waals surface area contributed by atoms with Crippen molar-refractivity contribution in [2.45, 2.75) is 33.7 Å². The molecule has 0 aliphatic rings. The second-order valence-corrected chi connectivity index (χ2v) is 6.21. The molecule has 1 aromatic carbocycles. The number of nitrogens with one attached hydrogen (secondary N) is 1. The van der Waals surface area contributed by atoms with Crippen LogP contribution in [0.25, 0.3) is 0 Å². The molecule has 2 aromatic rings. The number of benzene rings is 1. The summed E-state index contributed by atoms with van der Waals surface area (Å²) in [5, 5.41) is 8.65. The van der Waals surface area contributed by atoms with Gasteiger partial charge in [0.2, 0.25) is 0 Å². The third-order valence-corrected chi connectivity index (χ3v) is 4.43. The van der Waals surface area contributed by atoms with Crippen molar-refractivity contribution in [1.29, 1.82) is 0 Å². The highest BCUT2D eigenvalue weighted by atomic mass is 79.9. The van der Waals surface area contributed by atoms with Crippen molar-refractivity contribution in [2.24, 2.45) is 7.05 Å². The van der Waals surface area contributed by atoms with Gasteiger partial charge in [-0.2, -0.15) is 5.10 Å². The van der Waals surface area contributed by atoms with Gasteiger partial charge in [-0.3, -0.25) is 4.68 Å². The molecule has 1 N–H and O–H groups in total. The Bertz CT molecular complexity index is 611. The average Bonchev–Trinajstić information content (AvgIpc) is 2.64. The van der Waals surface area contributed by atoms with Gasteiger partial charge >= 0.3 is 0 Å². The fourth-order valence-corrected chi connectivity index (χ4v) is 3.50. The number of anilines is 1. The van der Waals surface area contributed by atoms with E-state index >= 15 is 0 Å². The van der Waals surface area contributed by atoms with Gasteiger partial charge in [0.15, 0.2) is 0 Å². The summed E-state index contributed by atoms with van der Waals surface area (Å²) in [7, 11) is 1.93. The number of hydrogen-bond donors (Lipinski definition) is 1. The molecule has 0 radical (unpaired) electrons. The predicted octanol–water partition coefficient (Wildman–Crippen LogP) is 4.63. The Balaban J connectivity index is 2.24. The van der Waals surface area contributed by atoms with E-state index < -0.39 is 0 Å². The smallest absolute Gasteiger partial charge is 0.0868 e. The molecule has 108 valence electrons. The molecule has 0 bridgehead atoms.